The van der Waals surface area contributed by atoms with Gasteiger partial charge in [-0.15, -0.1) is 5.10 Å². The van der Waals surface area contributed by atoms with Crippen molar-refractivity contribution >= 4 is 17.6 Å². The van der Waals surface area contributed by atoms with E-state index in [1.165, 1.54) is 0 Å². The topological polar surface area (TPSA) is 109 Å². The predicted octanol–water partition coefficient (Wildman–Crippen LogP) is -2.64. The molecule has 0 aliphatic rings. The Hall–Kier alpha value is -2.36. The zero-order valence-electron chi connectivity index (χ0n) is 12.5. The molecular formula is C14H12LiN5O2. The van der Waals surface area contributed by atoms with E-state index in [1.807, 2.05) is 6.92 Å². The summed E-state index contributed by atoms with van der Waals surface area (Å²) in [6.07, 6.45) is 1.71. The fourth-order valence-corrected chi connectivity index (χ4v) is 2.29. The maximum atomic E-state index is 11.1. The number of aromatic nitrogens is 4. The van der Waals surface area contributed by atoms with E-state index in [1.54, 1.807) is 35.8 Å². The van der Waals surface area contributed by atoms with E-state index in [9.17, 15) is 9.90 Å². The number of carboxylic acid groups (broad SMARTS) is 1. The standard InChI is InChI=1S/C14H13N5O2.Li/c1-7-10(6-11(13(20)21)8(2)16-7)9-3-4-19-12(5-9)17-14(15)18-19;/h3-6H,1-2H3,(H2,15,18)(H,20,21);/q;+1/p-1. The molecule has 0 unspecified atom stereocenters. The number of aromatic carboxylic acids is 1. The first-order valence-electron chi connectivity index (χ1n) is 6.27. The second-order valence-electron chi connectivity index (χ2n) is 4.73. The molecule has 0 atom stereocenters. The number of nitrogens with zero attached hydrogens (tertiary/aromatic N) is 4. The Kier molecular flexibility index (Phi) is 4.22. The maximum absolute atomic E-state index is 11.1. The van der Waals surface area contributed by atoms with Gasteiger partial charge in [0.25, 0.3) is 0 Å². The van der Waals surface area contributed by atoms with E-state index in [-0.39, 0.29) is 30.4 Å². The van der Waals surface area contributed by atoms with Crippen LogP contribution in [0.25, 0.3) is 16.8 Å². The number of carboxylic acids is 1. The molecule has 0 aliphatic heterocycles. The van der Waals surface area contributed by atoms with E-state index in [0.29, 0.717) is 16.9 Å². The number of hydrogen-bond acceptors (Lipinski definition) is 6. The van der Waals surface area contributed by atoms with Crippen molar-refractivity contribution in [3.63, 3.8) is 0 Å². The fraction of sp³-hybridized carbons (Fsp3) is 0.143. The molecule has 8 heteroatoms. The average molecular weight is 289 g/mol. The van der Waals surface area contributed by atoms with Gasteiger partial charge in [-0.1, -0.05) is 0 Å². The molecule has 0 radical (unpaired) electrons. The summed E-state index contributed by atoms with van der Waals surface area (Å²) in [5.74, 6) is -1.06. The molecule has 7 nitrogen and oxygen atoms in total. The molecule has 0 aliphatic carbocycles. The Morgan fingerprint density at radius 2 is 1.95 bits per heavy atom. The molecule has 0 aromatic carbocycles. The molecular weight excluding hydrogens is 277 g/mol. The monoisotopic (exact) mass is 289 g/mol. The zero-order valence-corrected chi connectivity index (χ0v) is 12.5. The number of anilines is 1. The third-order valence-corrected chi connectivity index (χ3v) is 3.29. The molecule has 0 bridgehead atoms. The van der Waals surface area contributed by atoms with Crippen molar-refractivity contribution in [2.75, 3.05) is 5.73 Å². The van der Waals surface area contributed by atoms with Crippen LogP contribution in [-0.2, 0) is 0 Å². The summed E-state index contributed by atoms with van der Waals surface area (Å²) in [6.45, 7) is 3.47. The number of hydrogen-bond donors (Lipinski definition) is 1. The van der Waals surface area contributed by atoms with Crippen LogP contribution in [0.15, 0.2) is 24.4 Å². The number of carbonyl (C=O) groups excluding carboxylic acids is 1. The van der Waals surface area contributed by atoms with Crippen LogP contribution < -0.4 is 29.7 Å². The van der Waals surface area contributed by atoms with Crippen LogP contribution in [-0.4, -0.2) is 25.6 Å². The van der Waals surface area contributed by atoms with Gasteiger partial charge in [0.15, 0.2) is 5.65 Å². The van der Waals surface area contributed by atoms with Gasteiger partial charge in [-0.05, 0) is 37.6 Å². The van der Waals surface area contributed by atoms with E-state index in [4.69, 9.17) is 5.73 Å². The van der Waals surface area contributed by atoms with E-state index in [0.717, 1.165) is 11.3 Å². The minimum absolute atomic E-state index is 0. The Labute approximate surface area is 138 Å². The first-order valence-corrected chi connectivity index (χ1v) is 6.27. The van der Waals surface area contributed by atoms with Gasteiger partial charge in [-0.25, -0.2) is 4.52 Å². The average Bonchev–Trinajstić information content (AvgIpc) is 2.77. The summed E-state index contributed by atoms with van der Waals surface area (Å²) in [7, 11) is 0. The van der Waals surface area contributed by atoms with E-state index >= 15 is 0 Å². The predicted molar refractivity (Wildman–Crippen MR) is 74.4 cm³/mol. The van der Waals surface area contributed by atoms with Crippen molar-refractivity contribution in [3.8, 4) is 11.1 Å². The van der Waals surface area contributed by atoms with Crippen LogP contribution in [0, 0.1) is 13.8 Å². The summed E-state index contributed by atoms with van der Waals surface area (Å²) >= 11 is 0. The molecule has 106 valence electrons. The van der Waals surface area contributed by atoms with Crippen LogP contribution in [0.2, 0.25) is 0 Å². The number of carbonyl (C=O) groups is 1. The van der Waals surface area contributed by atoms with Gasteiger partial charge in [0.05, 0.1) is 5.97 Å². The number of fused-ring (bicyclic) bond motifs is 1. The quantitative estimate of drug-likeness (QED) is 0.516. The summed E-state index contributed by atoms with van der Waals surface area (Å²) in [5, 5.41) is 15.1. The summed E-state index contributed by atoms with van der Waals surface area (Å²) in [5.41, 5.74) is 8.89. The second kappa shape index (κ2) is 5.79. The van der Waals surface area contributed by atoms with Gasteiger partial charge < -0.3 is 15.6 Å². The number of aryl methyl sites for hydroxylation is 2. The molecule has 0 fully saturated rings. The molecule has 2 N–H and O–H groups in total. The smallest absolute Gasteiger partial charge is 0.545 e. The summed E-state index contributed by atoms with van der Waals surface area (Å²) in [4.78, 5) is 19.5. The number of nitrogen functional groups attached to an aromatic ring is 1. The second-order valence-corrected chi connectivity index (χ2v) is 4.73. The van der Waals surface area contributed by atoms with E-state index < -0.39 is 5.97 Å². The molecule has 3 aromatic heterocycles. The summed E-state index contributed by atoms with van der Waals surface area (Å²) < 4.78 is 1.55. The summed E-state index contributed by atoms with van der Waals surface area (Å²) in [6, 6.07) is 5.15. The van der Waals surface area contributed by atoms with Gasteiger partial charge in [-0.2, -0.15) is 4.98 Å². The van der Waals surface area contributed by atoms with Crippen molar-refractivity contribution in [2.45, 2.75) is 13.8 Å². The molecule has 22 heavy (non-hydrogen) atoms. The molecule has 3 aromatic rings. The van der Waals surface area contributed by atoms with Crippen molar-refractivity contribution in [3.05, 3.63) is 41.3 Å². The number of nitrogens with two attached hydrogens (primary N) is 1. The van der Waals surface area contributed by atoms with Crippen molar-refractivity contribution in [2.24, 2.45) is 0 Å². The van der Waals surface area contributed by atoms with E-state index in [2.05, 4.69) is 15.1 Å². The Morgan fingerprint density at radius 3 is 2.64 bits per heavy atom. The third kappa shape index (κ3) is 2.69. The number of rotatable bonds is 2. The molecule has 3 rings (SSSR count). The molecule has 3 heterocycles. The van der Waals surface area contributed by atoms with Gasteiger partial charge in [-0.3, -0.25) is 4.98 Å². The van der Waals surface area contributed by atoms with Gasteiger partial charge in [0, 0.05) is 28.7 Å². The van der Waals surface area contributed by atoms with Gasteiger partial charge >= 0.3 is 18.9 Å². The zero-order chi connectivity index (χ0) is 15.1. The van der Waals surface area contributed by atoms with Crippen LogP contribution in [0.1, 0.15) is 21.7 Å². The van der Waals surface area contributed by atoms with Crippen LogP contribution >= 0.6 is 0 Å². The minimum Gasteiger partial charge on any atom is -0.545 e. The van der Waals surface area contributed by atoms with Crippen molar-refractivity contribution in [1.82, 2.24) is 19.6 Å². The third-order valence-electron chi connectivity index (χ3n) is 3.29. The SMILES string of the molecule is Cc1nc(C)c(-c2ccn3nc(N)nc3c2)cc1C(=O)[O-].[Li+]. The molecule has 0 saturated heterocycles. The first kappa shape index (κ1) is 16.0. The molecule has 0 saturated carbocycles. The minimum atomic E-state index is -1.24. The van der Waals surface area contributed by atoms with Gasteiger partial charge in [0.2, 0.25) is 5.95 Å². The number of pyridine rings is 2. The maximum Gasteiger partial charge on any atom is 1.00 e. The largest absolute Gasteiger partial charge is 1.00 e. The fourth-order valence-electron chi connectivity index (χ4n) is 2.29. The Balaban J connectivity index is 0.00000176. The van der Waals surface area contributed by atoms with Crippen LogP contribution in [0.4, 0.5) is 5.95 Å². The van der Waals surface area contributed by atoms with Crippen molar-refractivity contribution in [1.29, 1.82) is 0 Å². The normalized spacial score (nSPS) is 10.5. The first-order chi connectivity index (χ1) is 9.95. The van der Waals surface area contributed by atoms with Crippen LogP contribution in [0.5, 0.6) is 0 Å². The Bertz CT molecular complexity index is 875. The molecule has 0 spiro atoms. The molecule has 0 amide bonds. The van der Waals surface area contributed by atoms with Crippen molar-refractivity contribution < 1.29 is 28.8 Å². The Morgan fingerprint density at radius 1 is 1.23 bits per heavy atom. The van der Waals surface area contributed by atoms with Gasteiger partial charge in [0.1, 0.15) is 0 Å². The van der Waals surface area contributed by atoms with Crippen LogP contribution in [0.3, 0.4) is 0 Å².